The second-order valence-corrected chi connectivity index (χ2v) is 11.4. The summed E-state index contributed by atoms with van der Waals surface area (Å²) in [4.78, 5) is 2.38. The first kappa shape index (κ1) is 25.9. The van der Waals surface area contributed by atoms with Crippen molar-refractivity contribution in [3.8, 4) is 0 Å². The van der Waals surface area contributed by atoms with Crippen LogP contribution in [0.25, 0.3) is 0 Å². The van der Waals surface area contributed by atoms with E-state index in [1.54, 1.807) is 0 Å². The van der Waals surface area contributed by atoms with Gasteiger partial charge in [0.05, 0.1) is 0 Å². The number of rotatable bonds is 8. The summed E-state index contributed by atoms with van der Waals surface area (Å²) in [7, 11) is 2.29. The number of allylic oxidation sites excluding steroid dienone is 2. The van der Waals surface area contributed by atoms with E-state index in [1.807, 2.05) is 12.2 Å². The number of halogens is 1. The van der Waals surface area contributed by atoms with Gasteiger partial charge < -0.3 is 22.2 Å². The van der Waals surface area contributed by atoms with E-state index in [2.05, 4.69) is 23.3 Å². The summed E-state index contributed by atoms with van der Waals surface area (Å²) in [6.07, 6.45) is 19.6. The first-order chi connectivity index (χ1) is 15.4. The molecule has 5 nitrogen and oxygen atoms in total. The molecule has 0 spiro atoms. The van der Waals surface area contributed by atoms with Gasteiger partial charge >= 0.3 is 0 Å². The lowest BCUT2D eigenvalue weighted by Crippen LogP contribution is -2.48. The van der Waals surface area contributed by atoms with Gasteiger partial charge in [-0.3, -0.25) is 4.90 Å². The lowest BCUT2D eigenvalue weighted by atomic mass is 9.70. The first-order valence-corrected chi connectivity index (χ1v) is 13.3. The van der Waals surface area contributed by atoms with Crippen LogP contribution in [0.1, 0.15) is 70.6 Å². The van der Waals surface area contributed by atoms with Crippen molar-refractivity contribution < 1.29 is 0 Å². The van der Waals surface area contributed by atoms with Crippen molar-refractivity contribution in [1.82, 2.24) is 10.2 Å². The second kappa shape index (κ2) is 12.7. The van der Waals surface area contributed by atoms with E-state index < -0.39 is 0 Å². The van der Waals surface area contributed by atoms with Crippen LogP contribution >= 0.6 is 11.6 Å². The van der Waals surface area contributed by atoms with E-state index in [4.69, 9.17) is 28.5 Å². The molecule has 0 bridgehead atoms. The molecule has 6 N–H and O–H groups in total. The molecule has 0 aromatic heterocycles. The second-order valence-electron chi connectivity index (χ2n) is 10.6. The van der Waals surface area contributed by atoms with Crippen molar-refractivity contribution in [3.05, 3.63) is 23.8 Å². The predicted molar refractivity (Wildman–Crippen MR) is 138 cm³/mol. The molecule has 2 aliphatic carbocycles. The summed E-state index contributed by atoms with van der Waals surface area (Å²) < 4.78 is 0. The zero-order chi connectivity index (χ0) is 23.0. The monoisotopic (exact) mass is 463 g/mol. The zero-order valence-corrected chi connectivity index (χ0v) is 20.9. The van der Waals surface area contributed by atoms with Crippen molar-refractivity contribution in [1.29, 1.82) is 5.41 Å². The van der Waals surface area contributed by atoms with Crippen LogP contribution in [0.3, 0.4) is 0 Å². The van der Waals surface area contributed by atoms with Crippen LogP contribution in [0.4, 0.5) is 0 Å². The molecule has 0 amide bonds. The minimum atomic E-state index is -0.187. The highest BCUT2D eigenvalue weighted by atomic mass is 35.5. The minimum absolute atomic E-state index is 0.187. The molecule has 1 heterocycles. The van der Waals surface area contributed by atoms with Crippen LogP contribution < -0.4 is 16.8 Å². The molecular weight excluding hydrogens is 418 g/mol. The molecule has 1 aliphatic heterocycles. The predicted octanol–water partition coefficient (Wildman–Crippen LogP) is 4.21. The zero-order valence-electron chi connectivity index (χ0n) is 20.1. The molecule has 2 saturated carbocycles. The molecule has 32 heavy (non-hydrogen) atoms. The fraction of sp³-hybridized carbons (Fsp3) is 0.808. The summed E-state index contributed by atoms with van der Waals surface area (Å²) in [5.41, 5.74) is 13.2. The Bertz CT molecular complexity index is 663. The van der Waals surface area contributed by atoms with Crippen LogP contribution in [0, 0.1) is 17.2 Å². The molecule has 1 saturated heterocycles. The molecular formula is C26H46ClN5. The third-order valence-corrected chi connectivity index (χ3v) is 8.44. The maximum Gasteiger partial charge on any atom is 0.0490 e. The van der Waals surface area contributed by atoms with Gasteiger partial charge in [0.1, 0.15) is 0 Å². The fourth-order valence-corrected chi connectivity index (χ4v) is 7.11. The van der Waals surface area contributed by atoms with E-state index in [0.717, 1.165) is 32.4 Å². The Kier molecular flexibility index (Phi) is 10.2. The number of likely N-dealkylation sites (N-methyl/N-ethyl adjacent to an activating group) is 1. The Morgan fingerprint density at radius 2 is 1.94 bits per heavy atom. The summed E-state index contributed by atoms with van der Waals surface area (Å²) in [6.45, 7) is 2.84. The van der Waals surface area contributed by atoms with Crippen molar-refractivity contribution in [2.24, 2.45) is 23.3 Å². The molecule has 0 aromatic carbocycles. The van der Waals surface area contributed by atoms with Gasteiger partial charge in [-0.2, -0.15) is 0 Å². The van der Waals surface area contributed by atoms with Gasteiger partial charge in [-0.1, -0.05) is 43.4 Å². The molecule has 0 radical (unpaired) electrons. The third kappa shape index (κ3) is 7.39. The highest BCUT2D eigenvalue weighted by molar-refractivity contribution is 6.24. The number of hydrogen-bond acceptors (Lipinski definition) is 5. The smallest absolute Gasteiger partial charge is 0.0490 e. The summed E-state index contributed by atoms with van der Waals surface area (Å²) in [6, 6.07) is 1.19. The van der Waals surface area contributed by atoms with Gasteiger partial charge in [0.15, 0.2) is 0 Å². The molecule has 3 rings (SSSR count). The topological polar surface area (TPSA) is 91.2 Å². The van der Waals surface area contributed by atoms with Crippen LogP contribution in [0.5, 0.6) is 0 Å². The highest BCUT2D eigenvalue weighted by Crippen LogP contribution is 2.46. The Labute approximate surface area is 200 Å². The summed E-state index contributed by atoms with van der Waals surface area (Å²) >= 11 is 7.62. The van der Waals surface area contributed by atoms with E-state index in [9.17, 15) is 0 Å². The maximum absolute atomic E-state index is 7.83. The van der Waals surface area contributed by atoms with Gasteiger partial charge in [0.2, 0.25) is 0 Å². The fourth-order valence-electron chi connectivity index (χ4n) is 6.54. The average Bonchev–Trinajstić information content (AvgIpc) is 2.77. The minimum Gasteiger partial charge on any atom is -0.329 e. The molecule has 0 aromatic rings. The van der Waals surface area contributed by atoms with Crippen LogP contribution in [0.15, 0.2) is 23.8 Å². The van der Waals surface area contributed by atoms with Gasteiger partial charge in [0, 0.05) is 48.8 Å². The van der Waals surface area contributed by atoms with Crippen molar-refractivity contribution in [2.45, 2.75) is 87.6 Å². The molecule has 6 heteroatoms. The van der Waals surface area contributed by atoms with Crippen LogP contribution in [0.2, 0.25) is 0 Å². The largest absolute Gasteiger partial charge is 0.329 e. The van der Waals surface area contributed by atoms with Gasteiger partial charge in [0.25, 0.3) is 0 Å². The Balaban J connectivity index is 1.81. The van der Waals surface area contributed by atoms with Crippen LogP contribution in [-0.2, 0) is 0 Å². The van der Waals surface area contributed by atoms with Gasteiger partial charge in [-0.25, -0.2) is 0 Å². The van der Waals surface area contributed by atoms with Crippen LogP contribution in [-0.4, -0.2) is 60.8 Å². The Morgan fingerprint density at radius 3 is 2.72 bits per heavy atom. The number of fused-ring (bicyclic) bond motifs is 1. The van der Waals surface area contributed by atoms with Crippen molar-refractivity contribution >= 4 is 17.3 Å². The Morgan fingerprint density at radius 1 is 1.19 bits per heavy atom. The highest BCUT2D eigenvalue weighted by Gasteiger charge is 2.42. The quantitative estimate of drug-likeness (QED) is 0.320. The number of nitrogens with one attached hydrogen (secondary N) is 2. The summed E-state index contributed by atoms with van der Waals surface area (Å²) in [5.74, 6) is 1.34. The number of hydrogen-bond donors (Lipinski definition) is 4. The van der Waals surface area contributed by atoms with Gasteiger partial charge in [-0.05, 0) is 69.9 Å². The van der Waals surface area contributed by atoms with E-state index >= 15 is 0 Å². The third-order valence-electron chi connectivity index (χ3n) is 8.00. The molecule has 5 atom stereocenters. The van der Waals surface area contributed by atoms with E-state index in [0.29, 0.717) is 36.2 Å². The molecule has 1 unspecified atom stereocenters. The maximum atomic E-state index is 7.83. The number of nitrogens with zero attached hydrogens (tertiary/aromatic N) is 1. The lowest BCUT2D eigenvalue weighted by Gasteiger charge is -2.47. The molecule has 182 valence electrons. The van der Waals surface area contributed by atoms with Crippen molar-refractivity contribution in [2.75, 3.05) is 33.2 Å². The first-order valence-electron chi connectivity index (χ1n) is 12.9. The SMILES string of the molecule is CN1C/C(=C/C=C\C(=N)CN)CC(Cl)(C[C@@H]2CCCC[C@H]2NCCN)C[C@@H]2CCCC[C@H]21. The lowest BCUT2D eigenvalue weighted by molar-refractivity contribution is 0.102. The van der Waals surface area contributed by atoms with E-state index in [-0.39, 0.29) is 11.4 Å². The van der Waals surface area contributed by atoms with Crippen molar-refractivity contribution in [3.63, 3.8) is 0 Å². The molecule has 3 aliphatic rings. The number of alkyl halides is 1. The van der Waals surface area contributed by atoms with Gasteiger partial charge in [-0.15, -0.1) is 11.6 Å². The van der Waals surface area contributed by atoms with E-state index in [1.165, 1.54) is 56.9 Å². The molecule has 3 fully saturated rings. The summed E-state index contributed by atoms with van der Waals surface area (Å²) in [5, 5.41) is 11.6. The number of nitrogens with two attached hydrogens (primary N) is 2. The standard InChI is InChI=1S/C26H46ClN5/c1-32-19-20(7-6-10-23(30)18-29)15-26(27,17-22-9-3-5-12-25(22)32)16-21-8-2-4-11-24(21)31-14-13-28/h6-7,10,21-22,24-25,30-31H,2-5,8-9,11-19,28-29H2,1H3/b10-6-,20-7+,30-23?/t21-,22-,24+,25+,26?/m0/s1. The Hall–Kier alpha value is -0.720. The number of likely N-dealkylation sites (tertiary alicyclic amines) is 1. The normalized spacial score (nSPS) is 36.1. The average molecular weight is 464 g/mol.